The summed E-state index contributed by atoms with van der Waals surface area (Å²) in [5.41, 5.74) is 2.31. The summed E-state index contributed by atoms with van der Waals surface area (Å²) in [5.74, 6) is 1.12. The molecule has 2 aliphatic heterocycles. The normalized spacial score (nSPS) is 19.4. The van der Waals surface area contributed by atoms with E-state index in [0.717, 1.165) is 43.9 Å². The van der Waals surface area contributed by atoms with Crippen LogP contribution in [0.15, 0.2) is 18.2 Å². The number of aryl methyl sites for hydroxylation is 1. The molecule has 2 aliphatic rings. The zero-order chi connectivity index (χ0) is 15.4. The highest BCUT2D eigenvalue weighted by atomic mass is 16.5. The van der Waals surface area contributed by atoms with E-state index >= 15 is 0 Å². The fraction of sp³-hybridized carbons (Fsp3) is 0.611. The van der Waals surface area contributed by atoms with Crippen LogP contribution in [0.5, 0.6) is 5.75 Å². The molecule has 4 nitrogen and oxygen atoms in total. The molecule has 2 heterocycles. The van der Waals surface area contributed by atoms with Crippen LogP contribution in [0.3, 0.4) is 0 Å². The highest BCUT2D eigenvalue weighted by molar-refractivity contribution is 5.96. The van der Waals surface area contributed by atoms with E-state index in [9.17, 15) is 4.79 Å². The molecule has 0 unspecified atom stereocenters. The third-order valence-electron chi connectivity index (χ3n) is 4.76. The van der Waals surface area contributed by atoms with Crippen LogP contribution in [-0.4, -0.2) is 44.1 Å². The Labute approximate surface area is 133 Å². The minimum atomic E-state index is 0.244. The van der Waals surface area contributed by atoms with Crippen molar-refractivity contribution in [2.45, 2.75) is 38.5 Å². The van der Waals surface area contributed by atoms with Crippen molar-refractivity contribution in [1.29, 1.82) is 0 Å². The Kier molecular flexibility index (Phi) is 4.98. The van der Waals surface area contributed by atoms with Crippen molar-refractivity contribution in [1.82, 2.24) is 4.90 Å². The molecule has 0 aromatic heterocycles. The highest BCUT2D eigenvalue weighted by Gasteiger charge is 2.24. The first-order valence-electron chi connectivity index (χ1n) is 8.47. The highest BCUT2D eigenvalue weighted by Crippen LogP contribution is 2.30. The number of hydrogen-bond acceptors (Lipinski definition) is 3. The Hall–Kier alpha value is -1.55. The van der Waals surface area contributed by atoms with Gasteiger partial charge in [0, 0.05) is 12.2 Å². The van der Waals surface area contributed by atoms with Crippen molar-refractivity contribution in [2.75, 3.05) is 38.2 Å². The molecule has 1 aromatic rings. The number of ether oxygens (including phenoxy) is 1. The van der Waals surface area contributed by atoms with E-state index in [1.807, 2.05) is 17.0 Å². The number of hydrogen-bond donors (Lipinski definition) is 0. The van der Waals surface area contributed by atoms with Gasteiger partial charge in [0.25, 0.3) is 0 Å². The average molecular weight is 302 g/mol. The maximum Gasteiger partial charge on any atom is 0.241 e. The van der Waals surface area contributed by atoms with Crippen molar-refractivity contribution in [3.8, 4) is 5.75 Å². The van der Waals surface area contributed by atoms with Crippen LogP contribution in [0.25, 0.3) is 0 Å². The molecule has 0 spiro atoms. The van der Waals surface area contributed by atoms with Crippen molar-refractivity contribution in [3.63, 3.8) is 0 Å². The minimum Gasteiger partial charge on any atom is -0.497 e. The summed E-state index contributed by atoms with van der Waals surface area (Å²) in [7, 11) is 1.69. The number of rotatable bonds is 3. The first kappa shape index (κ1) is 15.3. The van der Waals surface area contributed by atoms with Gasteiger partial charge in [0.1, 0.15) is 5.75 Å². The topological polar surface area (TPSA) is 32.8 Å². The SMILES string of the molecule is COc1ccc2c(c1)CCCN2C(=O)CN1CCCCCC1. The number of methoxy groups -OCH3 is 1. The third kappa shape index (κ3) is 3.43. The minimum absolute atomic E-state index is 0.244. The van der Waals surface area contributed by atoms with Gasteiger partial charge >= 0.3 is 0 Å². The lowest BCUT2D eigenvalue weighted by Crippen LogP contribution is -2.43. The molecule has 1 saturated heterocycles. The smallest absolute Gasteiger partial charge is 0.241 e. The van der Waals surface area contributed by atoms with Crippen LogP contribution < -0.4 is 9.64 Å². The summed E-state index contributed by atoms with van der Waals surface area (Å²) in [6, 6.07) is 6.06. The number of amides is 1. The van der Waals surface area contributed by atoms with E-state index in [4.69, 9.17) is 4.74 Å². The Balaban J connectivity index is 1.71. The molecule has 0 bridgehead atoms. The van der Waals surface area contributed by atoms with E-state index in [-0.39, 0.29) is 5.91 Å². The lowest BCUT2D eigenvalue weighted by Gasteiger charge is -2.31. The van der Waals surface area contributed by atoms with Crippen LogP contribution in [0, 0.1) is 0 Å². The van der Waals surface area contributed by atoms with Gasteiger partial charge in [-0.2, -0.15) is 0 Å². The summed E-state index contributed by atoms with van der Waals surface area (Å²) >= 11 is 0. The largest absolute Gasteiger partial charge is 0.497 e. The maximum absolute atomic E-state index is 12.7. The predicted molar refractivity (Wildman–Crippen MR) is 88.6 cm³/mol. The molecule has 0 N–H and O–H groups in total. The number of nitrogens with zero attached hydrogens (tertiary/aromatic N) is 2. The van der Waals surface area contributed by atoms with E-state index in [0.29, 0.717) is 6.54 Å². The van der Waals surface area contributed by atoms with E-state index in [2.05, 4.69) is 11.0 Å². The fourth-order valence-electron chi connectivity index (χ4n) is 3.53. The van der Waals surface area contributed by atoms with Gasteiger partial charge in [0.05, 0.1) is 13.7 Å². The molecule has 120 valence electrons. The van der Waals surface area contributed by atoms with Crippen molar-refractivity contribution < 1.29 is 9.53 Å². The molecular weight excluding hydrogens is 276 g/mol. The summed E-state index contributed by atoms with van der Waals surface area (Å²) in [5, 5.41) is 0. The van der Waals surface area contributed by atoms with Gasteiger partial charge in [-0.15, -0.1) is 0 Å². The number of carbonyl (C=O) groups is 1. The Morgan fingerprint density at radius 2 is 1.86 bits per heavy atom. The summed E-state index contributed by atoms with van der Waals surface area (Å²) in [4.78, 5) is 17.1. The van der Waals surface area contributed by atoms with Gasteiger partial charge in [-0.3, -0.25) is 9.69 Å². The third-order valence-corrected chi connectivity index (χ3v) is 4.76. The molecule has 4 heteroatoms. The molecule has 0 aliphatic carbocycles. The molecule has 3 rings (SSSR count). The van der Waals surface area contributed by atoms with Crippen LogP contribution >= 0.6 is 0 Å². The van der Waals surface area contributed by atoms with E-state index in [1.165, 1.54) is 31.2 Å². The lowest BCUT2D eigenvalue weighted by molar-refractivity contribution is -0.119. The first-order valence-corrected chi connectivity index (χ1v) is 8.47. The average Bonchev–Trinajstić information content (AvgIpc) is 2.82. The number of fused-ring (bicyclic) bond motifs is 1. The second kappa shape index (κ2) is 7.14. The van der Waals surface area contributed by atoms with Crippen LogP contribution in [0.1, 0.15) is 37.7 Å². The molecule has 1 fully saturated rings. The first-order chi connectivity index (χ1) is 10.8. The Bertz CT molecular complexity index is 522. The van der Waals surface area contributed by atoms with E-state index < -0.39 is 0 Å². The fourth-order valence-corrected chi connectivity index (χ4v) is 3.53. The van der Waals surface area contributed by atoms with Crippen molar-refractivity contribution in [2.24, 2.45) is 0 Å². The number of anilines is 1. The molecule has 0 saturated carbocycles. The Morgan fingerprint density at radius 3 is 2.59 bits per heavy atom. The molecule has 1 aromatic carbocycles. The number of likely N-dealkylation sites (tertiary alicyclic amines) is 1. The zero-order valence-electron chi connectivity index (χ0n) is 13.5. The van der Waals surface area contributed by atoms with E-state index in [1.54, 1.807) is 7.11 Å². The van der Waals surface area contributed by atoms with Gasteiger partial charge in [-0.25, -0.2) is 0 Å². The van der Waals surface area contributed by atoms with Gasteiger partial charge in [-0.1, -0.05) is 12.8 Å². The summed E-state index contributed by atoms with van der Waals surface area (Å²) < 4.78 is 5.30. The maximum atomic E-state index is 12.7. The van der Waals surface area contributed by atoms with Gasteiger partial charge in [0.2, 0.25) is 5.91 Å². The molecule has 22 heavy (non-hydrogen) atoms. The zero-order valence-corrected chi connectivity index (χ0v) is 13.5. The van der Waals surface area contributed by atoms with Crippen LogP contribution in [-0.2, 0) is 11.2 Å². The number of benzene rings is 1. The quantitative estimate of drug-likeness (QED) is 0.861. The van der Waals surface area contributed by atoms with Crippen LogP contribution in [0.2, 0.25) is 0 Å². The second-order valence-electron chi connectivity index (χ2n) is 6.33. The van der Waals surface area contributed by atoms with Crippen molar-refractivity contribution in [3.05, 3.63) is 23.8 Å². The standard InChI is InChI=1S/C18H26N2O2/c1-22-16-8-9-17-15(13-16)7-6-12-20(17)18(21)14-19-10-4-2-3-5-11-19/h8-9,13H,2-7,10-12,14H2,1H3. The molecular formula is C18H26N2O2. The van der Waals surface area contributed by atoms with Gasteiger partial charge < -0.3 is 9.64 Å². The molecule has 0 atom stereocenters. The second-order valence-corrected chi connectivity index (χ2v) is 6.33. The summed E-state index contributed by atoms with van der Waals surface area (Å²) in [6.07, 6.45) is 7.11. The van der Waals surface area contributed by atoms with Crippen LogP contribution in [0.4, 0.5) is 5.69 Å². The van der Waals surface area contributed by atoms with Gasteiger partial charge in [0.15, 0.2) is 0 Å². The molecule has 1 amide bonds. The van der Waals surface area contributed by atoms with Crippen molar-refractivity contribution >= 4 is 11.6 Å². The summed E-state index contributed by atoms with van der Waals surface area (Å²) in [6.45, 7) is 3.53. The molecule has 0 radical (unpaired) electrons. The number of carbonyl (C=O) groups excluding carboxylic acids is 1. The lowest BCUT2D eigenvalue weighted by atomic mass is 10.0. The Morgan fingerprint density at radius 1 is 1.09 bits per heavy atom. The van der Waals surface area contributed by atoms with Gasteiger partial charge in [-0.05, 0) is 62.5 Å². The predicted octanol–water partition coefficient (Wildman–Crippen LogP) is 2.85. The monoisotopic (exact) mass is 302 g/mol.